The minimum Gasteiger partial charge on any atom is -0.355 e. The predicted molar refractivity (Wildman–Crippen MR) is 121 cm³/mol. The highest BCUT2D eigenvalue weighted by Crippen LogP contribution is 2.37. The van der Waals surface area contributed by atoms with Crippen LogP contribution in [0.15, 0.2) is 42.6 Å². The van der Waals surface area contributed by atoms with Gasteiger partial charge in [0.05, 0.1) is 34.7 Å². The number of pyridine rings is 1. The van der Waals surface area contributed by atoms with Gasteiger partial charge in [-0.25, -0.2) is 9.67 Å². The molecule has 3 rings (SSSR count). The fraction of sp³-hybridized carbons (Fsp3) is 0.318. The molecule has 176 valence electrons. The fourth-order valence-corrected chi connectivity index (χ4v) is 3.17. The summed E-state index contributed by atoms with van der Waals surface area (Å²) in [7, 11) is 5.33. The van der Waals surface area contributed by atoms with Crippen molar-refractivity contribution in [3.05, 3.63) is 59.4 Å². The molecular formula is C22H26F3N7O. The molecule has 0 saturated carbocycles. The Morgan fingerprint density at radius 3 is 2.52 bits per heavy atom. The zero-order chi connectivity index (χ0) is 24.2. The van der Waals surface area contributed by atoms with Gasteiger partial charge in [-0.15, -0.1) is 0 Å². The SMILES string of the molecule is CNC(=O)c1ccccc1Nc1cc(Nc2cc(C)nn2CCN(C)C)ncc1C(F)(F)F. The number of hydrogen-bond acceptors (Lipinski definition) is 6. The van der Waals surface area contributed by atoms with E-state index in [0.717, 1.165) is 18.4 Å². The molecule has 1 aromatic carbocycles. The van der Waals surface area contributed by atoms with Crippen LogP contribution >= 0.6 is 0 Å². The van der Waals surface area contributed by atoms with Crippen molar-refractivity contribution in [1.82, 2.24) is 25.0 Å². The Hall–Kier alpha value is -3.60. The molecule has 33 heavy (non-hydrogen) atoms. The molecule has 8 nitrogen and oxygen atoms in total. The number of likely N-dealkylation sites (N-methyl/N-ethyl adjacent to an activating group) is 1. The summed E-state index contributed by atoms with van der Waals surface area (Å²) in [4.78, 5) is 18.1. The van der Waals surface area contributed by atoms with E-state index in [1.54, 1.807) is 22.9 Å². The number of anilines is 4. The van der Waals surface area contributed by atoms with Crippen LogP contribution in [0.25, 0.3) is 0 Å². The molecular weight excluding hydrogens is 435 g/mol. The van der Waals surface area contributed by atoms with Gasteiger partial charge < -0.3 is 20.9 Å². The second kappa shape index (κ2) is 9.90. The first-order valence-electron chi connectivity index (χ1n) is 10.2. The molecule has 0 aliphatic carbocycles. The van der Waals surface area contributed by atoms with Crippen LogP contribution in [0.1, 0.15) is 21.6 Å². The van der Waals surface area contributed by atoms with E-state index in [2.05, 4.69) is 26.0 Å². The van der Waals surface area contributed by atoms with Gasteiger partial charge in [0.25, 0.3) is 5.91 Å². The van der Waals surface area contributed by atoms with Gasteiger partial charge in [-0.1, -0.05) is 12.1 Å². The van der Waals surface area contributed by atoms with Crippen molar-refractivity contribution < 1.29 is 18.0 Å². The first-order chi connectivity index (χ1) is 15.6. The number of alkyl halides is 3. The van der Waals surface area contributed by atoms with Crippen molar-refractivity contribution in [2.45, 2.75) is 19.6 Å². The number of nitrogens with zero attached hydrogens (tertiary/aromatic N) is 4. The maximum absolute atomic E-state index is 13.7. The molecule has 0 fully saturated rings. The molecule has 2 aromatic heterocycles. The van der Waals surface area contributed by atoms with Crippen molar-refractivity contribution in [1.29, 1.82) is 0 Å². The molecule has 0 saturated heterocycles. The highest BCUT2D eigenvalue weighted by atomic mass is 19.4. The van der Waals surface area contributed by atoms with Crippen LogP contribution < -0.4 is 16.0 Å². The van der Waals surface area contributed by atoms with Gasteiger partial charge >= 0.3 is 6.18 Å². The van der Waals surface area contributed by atoms with Crippen LogP contribution in [0, 0.1) is 6.92 Å². The summed E-state index contributed by atoms with van der Waals surface area (Å²) in [5, 5.41) is 12.7. The van der Waals surface area contributed by atoms with Gasteiger partial charge in [-0.2, -0.15) is 18.3 Å². The molecule has 0 bridgehead atoms. The first-order valence-corrected chi connectivity index (χ1v) is 10.2. The lowest BCUT2D eigenvalue weighted by molar-refractivity contribution is -0.137. The molecule has 11 heteroatoms. The minimum absolute atomic E-state index is 0.203. The average Bonchev–Trinajstić information content (AvgIpc) is 3.10. The summed E-state index contributed by atoms with van der Waals surface area (Å²) >= 11 is 0. The second-order valence-electron chi connectivity index (χ2n) is 7.68. The number of halogens is 3. The highest BCUT2D eigenvalue weighted by Gasteiger charge is 2.34. The molecule has 3 N–H and O–H groups in total. The minimum atomic E-state index is -4.64. The standard InChI is InChI=1S/C22H26F3N7O/c1-14-11-20(32(30-14)10-9-31(3)4)29-19-12-18(16(13-27-19)22(23,24)25)28-17-8-6-5-7-15(17)21(33)26-2/h5-8,11-13H,9-10H2,1-4H3,(H,26,33)(H2,27,28,29). The topological polar surface area (TPSA) is 87.1 Å². The molecule has 0 aliphatic rings. The van der Waals surface area contributed by atoms with Crippen molar-refractivity contribution in [3.8, 4) is 0 Å². The molecule has 0 spiro atoms. The number of amides is 1. The predicted octanol–water partition coefficient (Wildman–Crippen LogP) is 4.01. The Kier molecular flexibility index (Phi) is 7.22. The highest BCUT2D eigenvalue weighted by molar-refractivity contribution is 6.00. The molecule has 1 amide bonds. The Balaban J connectivity index is 1.97. The van der Waals surface area contributed by atoms with E-state index >= 15 is 0 Å². The van der Waals surface area contributed by atoms with E-state index in [-0.39, 0.29) is 22.8 Å². The van der Waals surface area contributed by atoms with E-state index in [1.807, 2.05) is 25.9 Å². The molecule has 0 radical (unpaired) electrons. The van der Waals surface area contributed by atoms with E-state index in [9.17, 15) is 18.0 Å². The number of benzene rings is 1. The smallest absolute Gasteiger partial charge is 0.355 e. The Bertz CT molecular complexity index is 1130. The third-order valence-corrected chi connectivity index (χ3v) is 4.79. The van der Waals surface area contributed by atoms with Crippen molar-refractivity contribution in [3.63, 3.8) is 0 Å². The Morgan fingerprint density at radius 2 is 1.85 bits per heavy atom. The van der Waals surface area contributed by atoms with Crippen molar-refractivity contribution in [2.75, 3.05) is 38.3 Å². The zero-order valence-electron chi connectivity index (χ0n) is 18.8. The van der Waals surface area contributed by atoms with Gasteiger partial charge in [0, 0.05) is 31.9 Å². The second-order valence-corrected chi connectivity index (χ2v) is 7.68. The van der Waals surface area contributed by atoms with E-state index < -0.39 is 17.6 Å². The van der Waals surface area contributed by atoms with Gasteiger partial charge in [-0.05, 0) is 33.2 Å². The van der Waals surface area contributed by atoms with Crippen LogP contribution in [0.4, 0.5) is 36.2 Å². The largest absolute Gasteiger partial charge is 0.419 e. The first kappa shape index (κ1) is 24.1. The van der Waals surface area contributed by atoms with Gasteiger partial charge in [-0.3, -0.25) is 4.79 Å². The van der Waals surface area contributed by atoms with Crippen LogP contribution in [0.3, 0.4) is 0 Å². The number of hydrogen-bond donors (Lipinski definition) is 3. The van der Waals surface area contributed by atoms with Crippen LogP contribution in [-0.2, 0) is 12.7 Å². The fourth-order valence-electron chi connectivity index (χ4n) is 3.17. The van der Waals surface area contributed by atoms with Crippen LogP contribution in [0.5, 0.6) is 0 Å². The number of carbonyl (C=O) groups is 1. The summed E-state index contributed by atoms with van der Waals surface area (Å²) in [5.41, 5.74) is 0.0497. The normalized spacial score (nSPS) is 11.5. The van der Waals surface area contributed by atoms with E-state index in [0.29, 0.717) is 12.4 Å². The maximum atomic E-state index is 13.7. The summed E-state index contributed by atoms with van der Waals surface area (Å²) in [6, 6.07) is 9.40. The molecule has 0 unspecified atom stereocenters. The Morgan fingerprint density at radius 1 is 1.12 bits per heavy atom. The van der Waals surface area contributed by atoms with Crippen LogP contribution in [-0.4, -0.2) is 53.3 Å². The summed E-state index contributed by atoms with van der Waals surface area (Å²) in [5.74, 6) is 0.395. The van der Waals surface area contributed by atoms with Gasteiger partial charge in [0.2, 0.25) is 0 Å². The van der Waals surface area contributed by atoms with Gasteiger partial charge in [0.15, 0.2) is 0 Å². The van der Waals surface area contributed by atoms with E-state index in [4.69, 9.17) is 0 Å². The summed E-state index contributed by atoms with van der Waals surface area (Å²) < 4.78 is 42.8. The third-order valence-electron chi connectivity index (χ3n) is 4.79. The van der Waals surface area contributed by atoms with Crippen LogP contribution in [0.2, 0.25) is 0 Å². The number of nitrogens with one attached hydrogen (secondary N) is 3. The van der Waals surface area contributed by atoms with Gasteiger partial charge in [0.1, 0.15) is 11.6 Å². The number of para-hydroxylation sites is 1. The number of aromatic nitrogens is 3. The third kappa shape index (κ3) is 6.01. The number of rotatable bonds is 8. The number of carbonyl (C=O) groups excluding carboxylic acids is 1. The van der Waals surface area contributed by atoms with Crippen molar-refractivity contribution >= 4 is 28.9 Å². The monoisotopic (exact) mass is 461 g/mol. The zero-order valence-corrected chi connectivity index (χ0v) is 18.8. The maximum Gasteiger partial charge on any atom is 0.419 e. The average molecular weight is 461 g/mol. The van der Waals surface area contributed by atoms with E-state index in [1.165, 1.54) is 25.2 Å². The lowest BCUT2D eigenvalue weighted by Crippen LogP contribution is -2.20. The molecule has 0 atom stereocenters. The lowest BCUT2D eigenvalue weighted by atomic mass is 10.1. The Labute approximate surface area is 189 Å². The summed E-state index contributed by atoms with van der Waals surface area (Å²) in [6.45, 7) is 3.16. The molecule has 2 heterocycles. The quantitative estimate of drug-likeness (QED) is 0.470. The number of aryl methyl sites for hydroxylation is 1. The lowest BCUT2D eigenvalue weighted by Gasteiger charge is -2.18. The molecule has 3 aromatic rings. The van der Waals surface area contributed by atoms with Crippen molar-refractivity contribution in [2.24, 2.45) is 0 Å². The summed E-state index contributed by atoms with van der Waals surface area (Å²) in [6.07, 6.45) is -3.87. The molecule has 0 aliphatic heterocycles.